The fourth-order valence-corrected chi connectivity index (χ4v) is 2.03. The van der Waals surface area contributed by atoms with Crippen molar-refractivity contribution < 1.29 is 14.4 Å². The minimum absolute atomic E-state index is 0.0357. The molecule has 2 aliphatic rings. The lowest BCUT2D eigenvalue weighted by Crippen LogP contribution is -2.50. The quantitative estimate of drug-likeness (QED) is 0.679. The van der Waals surface area contributed by atoms with Gasteiger partial charge >= 0.3 is 0 Å². The molecule has 1 aliphatic carbocycles. The molecule has 1 aliphatic heterocycles. The predicted molar refractivity (Wildman–Crippen MR) is 64.6 cm³/mol. The van der Waals surface area contributed by atoms with Gasteiger partial charge in [0.2, 0.25) is 17.7 Å². The molecule has 0 aromatic heterocycles. The first-order valence-corrected chi connectivity index (χ1v) is 6.39. The topological polar surface area (TPSA) is 69.7 Å². The molecule has 6 heteroatoms. The Bertz CT molecular complexity index is 358. The number of carbonyl (C=O) groups excluding carboxylic acids is 3. The summed E-state index contributed by atoms with van der Waals surface area (Å²) < 4.78 is 0. The van der Waals surface area contributed by atoms with Gasteiger partial charge in [0, 0.05) is 39.1 Å². The van der Waals surface area contributed by atoms with Crippen molar-refractivity contribution in [1.82, 2.24) is 15.1 Å². The summed E-state index contributed by atoms with van der Waals surface area (Å²) >= 11 is 0. The van der Waals surface area contributed by atoms with Crippen LogP contribution in [0.1, 0.15) is 26.2 Å². The second-order valence-corrected chi connectivity index (χ2v) is 4.91. The third-order valence-electron chi connectivity index (χ3n) is 3.33. The first kappa shape index (κ1) is 12.9. The van der Waals surface area contributed by atoms with Crippen molar-refractivity contribution >= 4 is 17.7 Å². The van der Waals surface area contributed by atoms with Crippen LogP contribution in [0.3, 0.4) is 0 Å². The summed E-state index contributed by atoms with van der Waals surface area (Å²) in [4.78, 5) is 37.9. The number of nitrogens with one attached hydrogen (secondary N) is 1. The molecule has 0 atom stereocenters. The van der Waals surface area contributed by atoms with Crippen molar-refractivity contribution in [2.24, 2.45) is 0 Å². The highest BCUT2D eigenvalue weighted by Crippen LogP contribution is 2.18. The Labute approximate surface area is 106 Å². The molecule has 0 aromatic carbocycles. The molecule has 100 valence electrons. The molecule has 0 unspecified atom stereocenters. The summed E-state index contributed by atoms with van der Waals surface area (Å²) in [7, 11) is 0. The van der Waals surface area contributed by atoms with Crippen LogP contribution in [0.5, 0.6) is 0 Å². The van der Waals surface area contributed by atoms with E-state index in [1.54, 1.807) is 9.80 Å². The van der Waals surface area contributed by atoms with E-state index in [0.717, 1.165) is 12.8 Å². The lowest BCUT2D eigenvalue weighted by molar-refractivity contribution is -0.141. The van der Waals surface area contributed by atoms with Crippen LogP contribution >= 0.6 is 0 Å². The number of hydrogen-bond donors (Lipinski definition) is 1. The maximum atomic E-state index is 11.8. The van der Waals surface area contributed by atoms with Crippen LogP contribution in [0.4, 0.5) is 0 Å². The van der Waals surface area contributed by atoms with Gasteiger partial charge in [0.25, 0.3) is 0 Å². The van der Waals surface area contributed by atoms with E-state index in [9.17, 15) is 14.4 Å². The highest BCUT2D eigenvalue weighted by molar-refractivity contribution is 5.97. The monoisotopic (exact) mass is 253 g/mol. The van der Waals surface area contributed by atoms with Crippen molar-refractivity contribution in [3.05, 3.63) is 0 Å². The van der Waals surface area contributed by atoms with E-state index in [1.807, 2.05) is 0 Å². The summed E-state index contributed by atoms with van der Waals surface area (Å²) in [6, 6.07) is 0.292. The van der Waals surface area contributed by atoms with Crippen LogP contribution in [-0.2, 0) is 14.4 Å². The number of amides is 3. The summed E-state index contributed by atoms with van der Waals surface area (Å²) in [5, 5.41) is 2.80. The van der Waals surface area contributed by atoms with Crippen molar-refractivity contribution in [3.63, 3.8) is 0 Å². The second-order valence-electron chi connectivity index (χ2n) is 4.91. The number of carbonyl (C=O) groups is 3. The molecule has 2 fully saturated rings. The number of hydrogen-bond acceptors (Lipinski definition) is 3. The van der Waals surface area contributed by atoms with E-state index in [1.165, 1.54) is 6.92 Å². The number of nitrogens with zero attached hydrogens (tertiary/aromatic N) is 2. The Balaban J connectivity index is 1.72. The molecular weight excluding hydrogens is 234 g/mol. The summed E-state index contributed by atoms with van der Waals surface area (Å²) in [6.07, 6.45) is 1.98. The third kappa shape index (κ3) is 3.45. The van der Waals surface area contributed by atoms with Crippen LogP contribution in [0.25, 0.3) is 0 Å². The molecule has 0 spiro atoms. The van der Waals surface area contributed by atoms with E-state index in [0.29, 0.717) is 32.2 Å². The van der Waals surface area contributed by atoms with Gasteiger partial charge in [-0.05, 0) is 12.8 Å². The van der Waals surface area contributed by atoms with Gasteiger partial charge in [-0.15, -0.1) is 0 Å². The van der Waals surface area contributed by atoms with Crippen LogP contribution in [-0.4, -0.2) is 59.7 Å². The first-order valence-electron chi connectivity index (χ1n) is 6.39. The predicted octanol–water partition coefficient (Wildman–Crippen LogP) is -0.654. The van der Waals surface area contributed by atoms with Gasteiger partial charge in [-0.3, -0.25) is 14.4 Å². The maximum Gasteiger partial charge on any atom is 0.232 e. The molecule has 1 heterocycles. The van der Waals surface area contributed by atoms with Crippen LogP contribution in [0.2, 0.25) is 0 Å². The Morgan fingerprint density at radius 3 is 2.11 bits per heavy atom. The molecule has 1 saturated heterocycles. The molecule has 1 N–H and O–H groups in total. The fourth-order valence-electron chi connectivity index (χ4n) is 2.03. The molecule has 3 amide bonds. The molecule has 6 nitrogen and oxygen atoms in total. The van der Waals surface area contributed by atoms with Gasteiger partial charge in [-0.1, -0.05) is 0 Å². The third-order valence-corrected chi connectivity index (χ3v) is 3.33. The van der Waals surface area contributed by atoms with Gasteiger partial charge in [0.15, 0.2) is 0 Å². The Morgan fingerprint density at radius 1 is 1.06 bits per heavy atom. The normalized spacial score (nSPS) is 19.6. The smallest absolute Gasteiger partial charge is 0.232 e. The summed E-state index contributed by atoms with van der Waals surface area (Å²) in [5.74, 6) is -0.290. The van der Waals surface area contributed by atoms with E-state index < -0.39 is 0 Å². The van der Waals surface area contributed by atoms with Crippen molar-refractivity contribution in [3.8, 4) is 0 Å². The molecule has 18 heavy (non-hydrogen) atoms. The SMILES string of the molecule is CC(=O)N1CCN(C(=O)CC(=O)NC2CC2)CC1. The number of piperazine rings is 1. The Morgan fingerprint density at radius 2 is 1.61 bits per heavy atom. The highest BCUT2D eigenvalue weighted by atomic mass is 16.2. The van der Waals surface area contributed by atoms with Gasteiger partial charge in [-0.2, -0.15) is 0 Å². The molecular formula is C12H19N3O3. The zero-order valence-electron chi connectivity index (χ0n) is 10.6. The van der Waals surface area contributed by atoms with Gasteiger partial charge in [0.05, 0.1) is 0 Å². The zero-order valence-corrected chi connectivity index (χ0v) is 10.6. The maximum absolute atomic E-state index is 11.8. The highest BCUT2D eigenvalue weighted by Gasteiger charge is 2.27. The zero-order chi connectivity index (χ0) is 13.1. The lowest BCUT2D eigenvalue weighted by atomic mass is 10.2. The lowest BCUT2D eigenvalue weighted by Gasteiger charge is -2.34. The van der Waals surface area contributed by atoms with E-state index in [2.05, 4.69) is 5.32 Å². The minimum atomic E-state index is -0.184. The van der Waals surface area contributed by atoms with Crippen LogP contribution in [0.15, 0.2) is 0 Å². The van der Waals surface area contributed by atoms with Gasteiger partial charge in [0.1, 0.15) is 6.42 Å². The average molecular weight is 253 g/mol. The second kappa shape index (κ2) is 5.37. The van der Waals surface area contributed by atoms with E-state index >= 15 is 0 Å². The largest absolute Gasteiger partial charge is 0.353 e. The average Bonchev–Trinajstić information content (AvgIpc) is 3.12. The van der Waals surface area contributed by atoms with Crippen molar-refractivity contribution in [2.75, 3.05) is 26.2 Å². The summed E-state index contributed by atoms with van der Waals surface area (Å²) in [6.45, 7) is 3.70. The van der Waals surface area contributed by atoms with E-state index in [-0.39, 0.29) is 24.1 Å². The molecule has 0 aromatic rings. The molecule has 0 bridgehead atoms. The Kier molecular flexibility index (Phi) is 3.84. The minimum Gasteiger partial charge on any atom is -0.353 e. The van der Waals surface area contributed by atoms with E-state index in [4.69, 9.17) is 0 Å². The van der Waals surface area contributed by atoms with Gasteiger partial charge in [-0.25, -0.2) is 0 Å². The Hall–Kier alpha value is -1.59. The fraction of sp³-hybridized carbons (Fsp3) is 0.750. The number of rotatable bonds is 3. The molecule has 1 saturated carbocycles. The van der Waals surface area contributed by atoms with Gasteiger partial charge < -0.3 is 15.1 Å². The molecule has 0 radical (unpaired) electrons. The summed E-state index contributed by atoms with van der Waals surface area (Å²) in [5.41, 5.74) is 0. The van der Waals surface area contributed by atoms with Crippen LogP contribution < -0.4 is 5.32 Å². The first-order chi connectivity index (χ1) is 8.56. The van der Waals surface area contributed by atoms with Crippen LogP contribution in [0, 0.1) is 0 Å². The molecule has 2 rings (SSSR count). The van der Waals surface area contributed by atoms with Crippen molar-refractivity contribution in [2.45, 2.75) is 32.2 Å². The van der Waals surface area contributed by atoms with Crippen molar-refractivity contribution in [1.29, 1.82) is 0 Å². The standard InChI is InChI=1S/C12H19N3O3/c1-9(16)14-4-6-15(7-5-14)12(18)8-11(17)13-10-2-3-10/h10H,2-8H2,1H3,(H,13,17).